The first-order valence-corrected chi connectivity index (χ1v) is 6.11. The van der Waals surface area contributed by atoms with Gasteiger partial charge in [-0.25, -0.2) is 0 Å². The predicted octanol–water partition coefficient (Wildman–Crippen LogP) is 1.59. The van der Waals surface area contributed by atoms with Gasteiger partial charge in [0.1, 0.15) is 19.0 Å². The van der Waals surface area contributed by atoms with E-state index >= 15 is 0 Å². The van der Waals surface area contributed by atoms with Crippen LogP contribution in [0.3, 0.4) is 0 Å². The van der Waals surface area contributed by atoms with Crippen molar-refractivity contribution in [1.82, 2.24) is 5.32 Å². The maximum Gasteiger partial charge on any atom is 0.246 e. The molecule has 4 nitrogen and oxygen atoms in total. The minimum atomic E-state index is -0.181. The summed E-state index contributed by atoms with van der Waals surface area (Å²) in [7, 11) is 1.47. The Bertz CT molecular complexity index is 451. The molecule has 0 bridgehead atoms. The van der Waals surface area contributed by atoms with E-state index in [1.165, 1.54) is 7.11 Å². The Hall–Kier alpha value is -1.51. The Morgan fingerprint density at radius 1 is 1.44 bits per heavy atom. The number of nitrogens with one attached hydrogen (secondary N) is 1. The summed E-state index contributed by atoms with van der Waals surface area (Å²) in [5.74, 6) is 6.16. The zero-order chi connectivity index (χ0) is 13.2. The third kappa shape index (κ3) is 6.28. The van der Waals surface area contributed by atoms with Crippen molar-refractivity contribution < 1.29 is 14.3 Å². The number of halogens is 1. The van der Waals surface area contributed by atoms with E-state index in [1.807, 2.05) is 24.3 Å². The van der Waals surface area contributed by atoms with Crippen molar-refractivity contribution in [3.8, 4) is 17.6 Å². The predicted molar refractivity (Wildman–Crippen MR) is 72.3 cm³/mol. The molecule has 18 heavy (non-hydrogen) atoms. The summed E-state index contributed by atoms with van der Waals surface area (Å²) in [6, 6.07) is 7.52. The normalized spacial score (nSPS) is 9.22. The number of hydrogen-bond donors (Lipinski definition) is 1. The third-order valence-electron chi connectivity index (χ3n) is 1.88. The number of benzene rings is 1. The maximum absolute atomic E-state index is 11.0. The summed E-state index contributed by atoms with van der Waals surface area (Å²) >= 11 is 3.35. The Balaban J connectivity index is 2.20. The van der Waals surface area contributed by atoms with Crippen LogP contribution in [0.2, 0.25) is 0 Å². The molecule has 0 radical (unpaired) electrons. The van der Waals surface area contributed by atoms with Gasteiger partial charge < -0.3 is 14.8 Å². The highest BCUT2D eigenvalue weighted by Gasteiger charge is 1.95. The summed E-state index contributed by atoms with van der Waals surface area (Å²) in [5, 5.41) is 2.59. The smallest absolute Gasteiger partial charge is 0.246 e. The molecule has 1 N–H and O–H groups in total. The first kappa shape index (κ1) is 14.6. The highest BCUT2D eigenvalue weighted by atomic mass is 79.9. The zero-order valence-corrected chi connectivity index (χ0v) is 11.6. The molecule has 5 heteroatoms. The average Bonchev–Trinajstić information content (AvgIpc) is 2.34. The van der Waals surface area contributed by atoms with E-state index in [4.69, 9.17) is 4.74 Å². The average molecular weight is 312 g/mol. The van der Waals surface area contributed by atoms with E-state index in [-0.39, 0.29) is 19.1 Å². The molecule has 1 aromatic carbocycles. The molecule has 0 saturated heterocycles. The molecule has 0 unspecified atom stereocenters. The Kier molecular flexibility index (Phi) is 6.92. The van der Waals surface area contributed by atoms with Crippen molar-refractivity contribution in [3.63, 3.8) is 0 Å². The molecule has 0 atom stereocenters. The molecule has 0 fully saturated rings. The zero-order valence-electron chi connectivity index (χ0n) is 10.0. The van der Waals surface area contributed by atoms with E-state index in [9.17, 15) is 4.79 Å². The van der Waals surface area contributed by atoms with Crippen LogP contribution < -0.4 is 10.1 Å². The molecular weight excluding hydrogens is 298 g/mol. The molecule has 0 heterocycles. The van der Waals surface area contributed by atoms with Crippen LogP contribution in [0, 0.1) is 11.8 Å². The number of hydrogen-bond acceptors (Lipinski definition) is 3. The summed E-state index contributed by atoms with van der Waals surface area (Å²) in [5.41, 5.74) is 0. The Morgan fingerprint density at radius 2 is 2.28 bits per heavy atom. The number of carbonyl (C=O) groups excluding carboxylic acids is 1. The van der Waals surface area contributed by atoms with Crippen molar-refractivity contribution in [1.29, 1.82) is 0 Å². The van der Waals surface area contributed by atoms with Crippen molar-refractivity contribution in [3.05, 3.63) is 28.7 Å². The van der Waals surface area contributed by atoms with Crippen LogP contribution in [0.1, 0.15) is 0 Å². The van der Waals surface area contributed by atoms with Gasteiger partial charge in [-0.1, -0.05) is 33.8 Å². The molecule has 96 valence electrons. The highest BCUT2D eigenvalue weighted by molar-refractivity contribution is 9.10. The molecule has 0 spiro atoms. The third-order valence-corrected chi connectivity index (χ3v) is 2.37. The largest absolute Gasteiger partial charge is 0.481 e. The van der Waals surface area contributed by atoms with Crippen LogP contribution in [0.25, 0.3) is 0 Å². The second-order valence-corrected chi connectivity index (χ2v) is 4.23. The van der Waals surface area contributed by atoms with Gasteiger partial charge >= 0.3 is 0 Å². The number of rotatable bonds is 5. The van der Waals surface area contributed by atoms with Gasteiger partial charge in [0.15, 0.2) is 0 Å². The fraction of sp³-hybridized carbons (Fsp3) is 0.308. The van der Waals surface area contributed by atoms with Crippen LogP contribution in [0.4, 0.5) is 0 Å². The van der Waals surface area contributed by atoms with Gasteiger partial charge in [-0.3, -0.25) is 4.79 Å². The van der Waals surface area contributed by atoms with Crippen molar-refractivity contribution in [2.24, 2.45) is 0 Å². The second-order valence-electron chi connectivity index (χ2n) is 3.31. The van der Waals surface area contributed by atoms with Gasteiger partial charge in [-0.2, -0.15) is 0 Å². The lowest BCUT2D eigenvalue weighted by Gasteiger charge is -2.01. The van der Waals surface area contributed by atoms with Crippen LogP contribution in [0.15, 0.2) is 28.7 Å². The quantitative estimate of drug-likeness (QED) is 0.840. The number of methoxy groups -OCH3 is 1. The van der Waals surface area contributed by atoms with Crippen molar-refractivity contribution in [2.45, 2.75) is 0 Å². The molecule has 1 amide bonds. The van der Waals surface area contributed by atoms with Crippen LogP contribution >= 0.6 is 15.9 Å². The molecule has 0 aliphatic heterocycles. The van der Waals surface area contributed by atoms with E-state index in [1.54, 1.807) is 0 Å². The summed E-state index contributed by atoms with van der Waals surface area (Å²) < 4.78 is 11.0. The number of carbonyl (C=O) groups is 1. The minimum Gasteiger partial charge on any atom is -0.481 e. The van der Waals surface area contributed by atoms with Gasteiger partial charge in [0.2, 0.25) is 5.91 Å². The summed E-state index contributed by atoms with van der Waals surface area (Å²) in [6.45, 7) is 0.636. The van der Waals surface area contributed by atoms with Crippen LogP contribution in [0.5, 0.6) is 5.75 Å². The lowest BCUT2D eigenvalue weighted by atomic mass is 10.3. The van der Waals surface area contributed by atoms with Gasteiger partial charge in [-0.15, -0.1) is 0 Å². The lowest BCUT2D eigenvalue weighted by molar-refractivity contribution is -0.124. The minimum absolute atomic E-state index is 0.0518. The topological polar surface area (TPSA) is 47.6 Å². The van der Waals surface area contributed by atoms with E-state index in [0.717, 1.165) is 10.2 Å². The fourth-order valence-electron chi connectivity index (χ4n) is 1.11. The molecule has 0 aromatic heterocycles. The van der Waals surface area contributed by atoms with E-state index < -0.39 is 0 Å². The fourth-order valence-corrected chi connectivity index (χ4v) is 1.49. The van der Waals surface area contributed by atoms with E-state index in [2.05, 4.69) is 37.8 Å². The highest BCUT2D eigenvalue weighted by Crippen LogP contribution is 2.17. The van der Waals surface area contributed by atoms with Crippen molar-refractivity contribution in [2.75, 3.05) is 26.9 Å². The van der Waals surface area contributed by atoms with Gasteiger partial charge in [0.25, 0.3) is 0 Å². The SMILES string of the molecule is COCC(=O)NCC#CCOc1cccc(Br)c1. The molecular formula is C13H14BrNO3. The molecule has 0 aliphatic rings. The first-order chi connectivity index (χ1) is 8.72. The first-order valence-electron chi connectivity index (χ1n) is 5.32. The Morgan fingerprint density at radius 3 is 3.00 bits per heavy atom. The number of amides is 1. The molecule has 1 rings (SSSR count). The molecule has 1 aromatic rings. The van der Waals surface area contributed by atoms with E-state index in [0.29, 0.717) is 6.54 Å². The van der Waals surface area contributed by atoms with Gasteiger partial charge in [0, 0.05) is 11.6 Å². The second kappa shape index (κ2) is 8.56. The molecule has 0 aliphatic carbocycles. The molecule has 0 saturated carbocycles. The van der Waals surface area contributed by atoms with Gasteiger partial charge in [-0.05, 0) is 18.2 Å². The summed E-state index contributed by atoms with van der Waals surface area (Å²) in [4.78, 5) is 11.0. The lowest BCUT2D eigenvalue weighted by Crippen LogP contribution is -2.27. The number of ether oxygens (including phenoxy) is 2. The maximum atomic E-state index is 11.0. The van der Waals surface area contributed by atoms with Crippen LogP contribution in [-0.2, 0) is 9.53 Å². The van der Waals surface area contributed by atoms with Crippen molar-refractivity contribution >= 4 is 21.8 Å². The van der Waals surface area contributed by atoms with Gasteiger partial charge in [0.05, 0.1) is 6.54 Å². The monoisotopic (exact) mass is 311 g/mol. The Labute approximate surface area is 115 Å². The summed E-state index contributed by atoms with van der Waals surface area (Å²) in [6.07, 6.45) is 0. The standard InChI is InChI=1S/C13H14BrNO3/c1-17-10-13(16)15-7-2-3-8-18-12-6-4-5-11(14)9-12/h4-6,9H,7-8,10H2,1H3,(H,15,16). The van der Waals surface area contributed by atoms with Crippen LogP contribution in [-0.4, -0.2) is 32.8 Å².